The van der Waals surface area contributed by atoms with E-state index < -0.39 is 10.0 Å². The number of sulfonamides is 1. The van der Waals surface area contributed by atoms with Crippen LogP contribution >= 0.6 is 47.8 Å². The lowest BCUT2D eigenvalue weighted by atomic mass is 10.4. The van der Waals surface area contributed by atoms with E-state index in [2.05, 4.69) is 52.5 Å². The van der Waals surface area contributed by atoms with E-state index in [0.29, 0.717) is 30.7 Å². The predicted molar refractivity (Wildman–Crippen MR) is 86.3 cm³/mol. The van der Waals surface area contributed by atoms with Crippen molar-refractivity contribution >= 4 is 57.8 Å². The Balaban J connectivity index is 2.54. The summed E-state index contributed by atoms with van der Waals surface area (Å²) in [5.41, 5.74) is 0. The molecule has 108 valence electrons. The molecule has 0 aromatic heterocycles. The second-order valence-corrected chi connectivity index (χ2v) is 7.93. The summed E-state index contributed by atoms with van der Waals surface area (Å²) < 4.78 is 33.2. The molecular formula is C11H14Br3NO3S. The predicted octanol–water partition coefficient (Wildman–Crippen LogP) is 3.29. The first-order chi connectivity index (χ1) is 8.97. The maximum Gasteiger partial charge on any atom is 0.241 e. The van der Waals surface area contributed by atoms with E-state index in [1.165, 1.54) is 0 Å². The van der Waals surface area contributed by atoms with Crippen LogP contribution in [-0.2, 0) is 14.8 Å². The summed E-state index contributed by atoms with van der Waals surface area (Å²) in [7, 11) is -3.50. The molecule has 1 N–H and O–H groups in total. The minimum atomic E-state index is -3.50. The molecule has 0 heterocycles. The molecule has 0 saturated carbocycles. The molecular weight excluding hydrogens is 466 g/mol. The summed E-state index contributed by atoms with van der Waals surface area (Å²) >= 11 is 9.75. The van der Waals surface area contributed by atoms with Crippen LogP contribution in [0.25, 0.3) is 0 Å². The molecule has 8 heteroatoms. The number of benzene rings is 1. The fraction of sp³-hybridized carbons (Fsp3) is 0.455. The van der Waals surface area contributed by atoms with Gasteiger partial charge in [0, 0.05) is 27.4 Å². The minimum Gasteiger partial charge on any atom is -0.381 e. The van der Waals surface area contributed by atoms with E-state index in [1.807, 2.05) is 0 Å². The first-order valence-corrected chi connectivity index (χ1v) is 9.75. The molecule has 0 atom stereocenters. The quantitative estimate of drug-likeness (QED) is 0.460. The zero-order chi connectivity index (χ0) is 14.3. The third-order valence-corrected chi connectivity index (χ3v) is 5.43. The van der Waals surface area contributed by atoms with E-state index in [4.69, 9.17) is 4.74 Å². The fourth-order valence-electron chi connectivity index (χ4n) is 1.30. The molecule has 4 nitrogen and oxygen atoms in total. The summed E-state index contributed by atoms with van der Waals surface area (Å²) in [6, 6.07) is 5.03. The highest BCUT2D eigenvalue weighted by atomic mass is 79.9. The second-order valence-electron chi connectivity index (χ2n) is 3.63. The Morgan fingerprint density at radius 2 is 1.95 bits per heavy atom. The molecule has 1 aromatic carbocycles. The highest BCUT2D eigenvalue weighted by Crippen LogP contribution is 2.25. The van der Waals surface area contributed by atoms with E-state index in [-0.39, 0.29) is 4.90 Å². The van der Waals surface area contributed by atoms with Gasteiger partial charge in [0.1, 0.15) is 0 Å². The van der Waals surface area contributed by atoms with Crippen LogP contribution in [0.3, 0.4) is 0 Å². The Hall–Kier alpha value is 0.530. The van der Waals surface area contributed by atoms with Gasteiger partial charge in [-0.25, -0.2) is 13.1 Å². The van der Waals surface area contributed by atoms with Crippen LogP contribution in [0.15, 0.2) is 32.0 Å². The van der Waals surface area contributed by atoms with Crippen molar-refractivity contribution < 1.29 is 13.2 Å². The van der Waals surface area contributed by atoms with Crippen LogP contribution in [-0.4, -0.2) is 33.5 Å². The second kappa shape index (κ2) is 8.74. The van der Waals surface area contributed by atoms with Crippen LogP contribution in [0.2, 0.25) is 0 Å². The largest absolute Gasteiger partial charge is 0.381 e. The maximum absolute atomic E-state index is 12.1. The van der Waals surface area contributed by atoms with Crippen molar-refractivity contribution in [1.82, 2.24) is 4.72 Å². The Labute approximate surface area is 138 Å². The summed E-state index contributed by atoms with van der Waals surface area (Å²) in [6.45, 7) is 1.52. The Bertz CT molecular complexity index is 508. The first kappa shape index (κ1) is 17.6. The van der Waals surface area contributed by atoms with Crippen molar-refractivity contribution in [1.29, 1.82) is 0 Å². The van der Waals surface area contributed by atoms with E-state index in [1.54, 1.807) is 18.2 Å². The zero-order valence-electron chi connectivity index (χ0n) is 10.0. The van der Waals surface area contributed by atoms with Gasteiger partial charge in [0.05, 0.1) is 11.5 Å². The molecule has 1 aromatic rings. The van der Waals surface area contributed by atoms with Crippen LogP contribution in [0.1, 0.15) is 6.42 Å². The van der Waals surface area contributed by atoms with Gasteiger partial charge < -0.3 is 4.74 Å². The minimum absolute atomic E-state index is 0.225. The molecule has 0 amide bonds. The molecule has 0 aliphatic carbocycles. The van der Waals surface area contributed by atoms with Crippen LogP contribution in [0.4, 0.5) is 0 Å². The van der Waals surface area contributed by atoms with Gasteiger partial charge in [0.2, 0.25) is 10.0 Å². The molecule has 0 spiro atoms. The van der Waals surface area contributed by atoms with Crippen molar-refractivity contribution in [3.63, 3.8) is 0 Å². The van der Waals surface area contributed by atoms with E-state index in [9.17, 15) is 8.42 Å². The molecule has 0 aliphatic rings. The average molecular weight is 480 g/mol. The van der Waals surface area contributed by atoms with Crippen LogP contribution in [0, 0.1) is 0 Å². The van der Waals surface area contributed by atoms with E-state index >= 15 is 0 Å². The lowest BCUT2D eigenvalue weighted by molar-refractivity contribution is 0.149. The summed E-state index contributed by atoms with van der Waals surface area (Å²) in [5.74, 6) is 0. The number of hydrogen-bond acceptors (Lipinski definition) is 3. The Kier molecular flexibility index (Phi) is 8.08. The SMILES string of the molecule is O=S(=O)(NCCCOCCBr)c1cc(Br)ccc1Br. The molecule has 1 rings (SSSR count). The Morgan fingerprint density at radius 3 is 2.63 bits per heavy atom. The number of rotatable bonds is 8. The van der Waals surface area contributed by atoms with Crippen molar-refractivity contribution in [2.75, 3.05) is 25.1 Å². The molecule has 0 unspecified atom stereocenters. The van der Waals surface area contributed by atoms with Crippen molar-refractivity contribution in [3.05, 3.63) is 27.1 Å². The van der Waals surface area contributed by atoms with Gasteiger partial charge in [-0.2, -0.15) is 0 Å². The van der Waals surface area contributed by atoms with Gasteiger partial charge in [0.15, 0.2) is 0 Å². The van der Waals surface area contributed by atoms with Crippen molar-refractivity contribution in [2.45, 2.75) is 11.3 Å². The average Bonchev–Trinajstić information content (AvgIpc) is 2.36. The normalized spacial score (nSPS) is 11.7. The summed E-state index contributed by atoms with van der Waals surface area (Å²) in [5, 5.41) is 0.781. The molecule has 0 bridgehead atoms. The molecule has 19 heavy (non-hydrogen) atoms. The molecule has 0 saturated heterocycles. The number of hydrogen-bond donors (Lipinski definition) is 1. The molecule has 0 radical (unpaired) electrons. The van der Waals surface area contributed by atoms with Gasteiger partial charge in [-0.1, -0.05) is 31.9 Å². The Morgan fingerprint density at radius 1 is 1.21 bits per heavy atom. The van der Waals surface area contributed by atoms with Gasteiger partial charge >= 0.3 is 0 Å². The lowest BCUT2D eigenvalue weighted by Gasteiger charge is -2.09. The maximum atomic E-state index is 12.1. The van der Waals surface area contributed by atoms with Crippen LogP contribution < -0.4 is 4.72 Å². The van der Waals surface area contributed by atoms with Gasteiger partial charge in [0.25, 0.3) is 0 Å². The smallest absolute Gasteiger partial charge is 0.241 e. The third-order valence-electron chi connectivity index (χ3n) is 2.16. The van der Waals surface area contributed by atoms with Gasteiger partial charge in [-0.15, -0.1) is 0 Å². The number of ether oxygens (including phenoxy) is 1. The fourth-order valence-corrected chi connectivity index (χ4v) is 4.10. The monoisotopic (exact) mass is 477 g/mol. The molecule has 0 aliphatic heterocycles. The first-order valence-electron chi connectivity index (χ1n) is 5.56. The van der Waals surface area contributed by atoms with E-state index in [0.717, 1.165) is 9.80 Å². The highest BCUT2D eigenvalue weighted by Gasteiger charge is 2.17. The molecule has 0 fully saturated rings. The lowest BCUT2D eigenvalue weighted by Crippen LogP contribution is -2.26. The standard InChI is InChI=1S/C11H14Br3NO3S/c12-4-7-18-6-1-5-15-19(16,17)11-8-9(13)2-3-10(11)14/h2-3,8,15H,1,4-7H2. The van der Waals surface area contributed by atoms with Crippen molar-refractivity contribution in [3.8, 4) is 0 Å². The number of alkyl halides is 1. The highest BCUT2D eigenvalue weighted by molar-refractivity contribution is 9.11. The summed E-state index contributed by atoms with van der Waals surface area (Å²) in [4.78, 5) is 0.225. The third kappa shape index (κ3) is 6.22. The zero-order valence-corrected chi connectivity index (χ0v) is 15.6. The van der Waals surface area contributed by atoms with Crippen molar-refractivity contribution in [2.24, 2.45) is 0 Å². The topological polar surface area (TPSA) is 55.4 Å². The number of nitrogens with one attached hydrogen (secondary N) is 1. The van der Waals surface area contributed by atoms with Crippen LogP contribution in [0.5, 0.6) is 0 Å². The number of halogens is 3. The summed E-state index contributed by atoms with van der Waals surface area (Å²) in [6.07, 6.45) is 0.637. The van der Waals surface area contributed by atoms with Gasteiger partial charge in [-0.3, -0.25) is 0 Å². The van der Waals surface area contributed by atoms with Gasteiger partial charge in [-0.05, 0) is 40.5 Å².